The van der Waals surface area contributed by atoms with Crippen molar-refractivity contribution < 1.29 is 9.18 Å². The van der Waals surface area contributed by atoms with Crippen LogP contribution in [0.15, 0.2) is 55.4 Å². The first-order valence-corrected chi connectivity index (χ1v) is 7.18. The van der Waals surface area contributed by atoms with Gasteiger partial charge in [0.2, 0.25) is 5.91 Å². The lowest BCUT2D eigenvalue weighted by Crippen LogP contribution is -2.29. The van der Waals surface area contributed by atoms with Gasteiger partial charge in [0, 0.05) is 24.2 Å². The Bertz CT molecular complexity index is 796. The monoisotopic (exact) mass is 313 g/mol. The minimum atomic E-state index is -0.348. The van der Waals surface area contributed by atoms with E-state index in [-0.39, 0.29) is 24.3 Å². The molecule has 0 spiro atoms. The number of nitrogens with zero attached hydrogens (tertiary/aromatic N) is 4. The van der Waals surface area contributed by atoms with E-state index >= 15 is 0 Å². The van der Waals surface area contributed by atoms with Gasteiger partial charge in [-0.1, -0.05) is 12.1 Å². The summed E-state index contributed by atoms with van der Waals surface area (Å²) in [6.45, 7) is 2.06. The second kappa shape index (κ2) is 6.43. The Morgan fingerprint density at radius 3 is 2.96 bits per heavy atom. The van der Waals surface area contributed by atoms with Crippen molar-refractivity contribution in [3.8, 4) is 5.69 Å². The first-order valence-electron chi connectivity index (χ1n) is 7.18. The fraction of sp³-hybridized carbons (Fsp3) is 0.188. The lowest BCUT2D eigenvalue weighted by atomic mass is 10.2. The molecule has 0 aliphatic carbocycles. The van der Waals surface area contributed by atoms with Crippen LogP contribution < -0.4 is 5.32 Å². The summed E-state index contributed by atoms with van der Waals surface area (Å²) < 4.78 is 16.9. The van der Waals surface area contributed by atoms with Crippen molar-refractivity contribution in [3.05, 3.63) is 66.8 Å². The van der Waals surface area contributed by atoms with Crippen molar-refractivity contribution in [1.82, 2.24) is 24.6 Å². The largest absolute Gasteiger partial charge is 0.348 e. The summed E-state index contributed by atoms with van der Waals surface area (Å²) in [4.78, 5) is 15.9. The molecule has 0 aliphatic rings. The second-order valence-corrected chi connectivity index (χ2v) is 5.19. The van der Waals surface area contributed by atoms with Crippen LogP contribution >= 0.6 is 0 Å². The van der Waals surface area contributed by atoms with Gasteiger partial charge in [0.05, 0.1) is 18.6 Å². The Morgan fingerprint density at radius 2 is 2.22 bits per heavy atom. The van der Waals surface area contributed by atoms with E-state index in [2.05, 4.69) is 15.4 Å². The third-order valence-electron chi connectivity index (χ3n) is 3.46. The van der Waals surface area contributed by atoms with Crippen LogP contribution in [0.5, 0.6) is 0 Å². The maximum Gasteiger partial charge on any atom is 0.240 e. The number of carbonyl (C=O) groups excluding carboxylic acids is 1. The normalized spacial score (nSPS) is 12.1. The molecule has 0 aliphatic heterocycles. The third kappa shape index (κ3) is 3.45. The quantitative estimate of drug-likeness (QED) is 0.784. The number of para-hydroxylation sites is 1. The Morgan fingerprint density at radius 1 is 1.39 bits per heavy atom. The van der Waals surface area contributed by atoms with E-state index < -0.39 is 0 Å². The molecule has 23 heavy (non-hydrogen) atoms. The first-order chi connectivity index (χ1) is 11.1. The molecule has 3 rings (SSSR count). The van der Waals surface area contributed by atoms with E-state index in [4.69, 9.17) is 0 Å². The molecule has 1 aromatic carbocycles. The Kier molecular flexibility index (Phi) is 4.18. The number of amides is 1. The molecule has 6 nitrogen and oxygen atoms in total. The molecule has 1 atom stereocenters. The van der Waals surface area contributed by atoms with E-state index in [1.54, 1.807) is 53.9 Å². The van der Waals surface area contributed by atoms with Crippen molar-refractivity contribution in [2.75, 3.05) is 0 Å². The SMILES string of the molecule is CC(NC(=O)Cn1ccnc1)c1cnn(-c2ccccc2F)c1. The van der Waals surface area contributed by atoms with Gasteiger partial charge in [-0.2, -0.15) is 5.10 Å². The zero-order valence-electron chi connectivity index (χ0n) is 12.6. The summed E-state index contributed by atoms with van der Waals surface area (Å²) in [5, 5.41) is 7.04. The molecule has 0 saturated carbocycles. The molecular formula is C16H16FN5O. The van der Waals surface area contributed by atoms with E-state index in [0.717, 1.165) is 5.56 Å². The summed E-state index contributed by atoms with van der Waals surface area (Å²) >= 11 is 0. The smallest absolute Gasteiger partial charge is 0.240 e. The van der Waals surface area contributed by atoms with Gasteiger partial charge in [0.15, 0.2) is 0 Å². The van der Waals surface area contributed by atoms with E-state index in [0.29, 0.717) is 5.69 Å². The van der Waals surface area contributed by atoms with Gasteiger partial charge in [-0.05, 0) is 19.1 Å². The summed E-state index contributed by atoms with van der Waals surface area (Å²) in [6.07, 6.45) is 8.26. The second-order valence-electron chi connectivity index (χ2n) is 5.19. The van der Waals surface area contributed by atoms with Gasteiger partial charge in [-0.3, -0.25) is 4.79 Å². The zero-order chi connectivity index (χ0) is 16.2. The fourth-order valence-corrected chi connectivity index (χ4v) is 2.25. The van der Waals surface area contributed by atoms with Crippen LogP contribution in [-0.2, 0) is 11.3 Å². The fourth-order valence-electron chi connectivity index (χ4n) is 2.25. The van der Waals surface area contributed by atoms with Gasteiger partial charge in [0.1, 0.15) is 18.0 Å². The third-order valence-corrected chi connectivity index (χ3v) is 3.46. The lowest BCUT2D eigenvalue weighted by molar-refractivity contribution is -0.122. The molecule has 118 valence electrons. The van der Waals surface area contributed by atoms with Gasteiger partial charge in [-0.15, -0.1) is 0 Å². The van der Waals surface area contributed by atoms with Crippen LogP contribution in [0.25, 0.3) is 5.69 Å². The van der Waals surface area contributed by atoms with Crippen LogP contribution in [0, 0.1) is 5.82 Å². The maximum absolute atomic E-state index is 13.8. The number of rotatable bonds is 5. The predicted octanol–water partition coefficient (Wildman–Crippen LogP) is 2.09. The average Bonchev–Trinajstić information content (AvgIpc) is 3.19. The molecule has 1 unspecified atom stereocenters. The minimum Gasteiger partial charge on any atom is -0.348 e. The van der Waals surface area contributed by atoms with Crippen molar-refractivity contribution >= 4 is 5.91 Å². The van der Waals surface area contributed by atoms with Crippen molar-refractivity contribution in [3.63, 3.8) is 0 Å². The van der Waals surface area contributed by atoms with E-state index in [1.807, 2.05) is 6.92 Å². The van der Waals surface area contributed by atoms with Gasteiger partial charge in [0.25, 0.3) is 0 Å². The zero-order valence-corrected chi connectivity index (χ0v) is 12.6. The van der Waals surface area contributed by atoms with Gasteiger partial charge >= 0.3 is 0 Å². The molecular weight excluding hydrogens is 297 g/mol. The molecule has 0 saturated heterocycles. The number of benzene rings is 1. The number of halogens is 1. The first kappa shape index (κ1) is 15.0. The molecule has 2 aromatic heterocycles. The van der Waals surface area contributed by atoms with Crippen molar-refractivity contribution in [1.29, 1.82) is 0 Å². The maximum atomic E-state index is 13.8. The van der Waals surface area contributed by atoms with Crippen molar-refractivity contribution in [2.45, 2.75) is 19.5 Å². The molecule has 0 bridgehead atoms. The molecule has 1 amide bonds. The average molecular weight is 313 g/mol. The number of hydrogen-bond acceptors (Lipinski definition) is 3. The van der Waals surface area contributed by atoms with Crippen LogP contribution in [0.3, 0.4) is 0 Å². The van der Waals surface area contributed by atoms with Crippen LogP contribution in [0.1, 0.15) is 18.5 Å². The van der Waals surface area contributed by atoms with Crippen LogP contribution in [0.2, 0.25) is 0 Å². The van der Waals surface area contributed by atoms with E-state index in [9.17, 15) is 9.18 Å². The molecule has 0 radical (unpaired) electrons. The Balaban J connectivity index is 1.68. The van der Waals surface area contributed by atoms with Crippen molar-refractivity contribution in [2.24, 2.45) is 0 Å². The summed E-state index contributed by atoms with van der Waals surface area (Å²) in [6, 6.07) is 6.17. The minimum absolute atomic E-state index is 0.130. The number of carbonyl (C=O) groups is 1. The number of hydrogen-bond donors (Lipinski definition) is 1. The summed E-state index contributed by atoms with van der Waals surface area (Å²) in [5.74, 6) is -0.479. The Labute approximate surface area is 132 Å². The number of aromatic nitrogens is 4. The predicted molar refractivity (Wildman–Crippen MR) is 82.3 cm³/mol. The van der Waals surface area contributed by atoms with Gasteiger partial charge in [-0.25, -0.2) is 14.1 Å². The Hall–Kier alpha value is -2.96. The molecule has 7 heteroatoms. The highest BCUT2D eigenvalue weighted by atomic mass is 19.1. The number of nitrogens with one attached hydrogen (secondary N) is 1. The molecule has 3 aromatic rings. The van der Waals surface area contributed by atoms with Gasteiger partial charge < -0.3 is 9.88 Å². The topological polar surface area (TPSA) is 64.7 Å². The van der Waals surface area contributed by atoms with E-state index in [1.165, 1.54) is 10.7 Å². The highest BCUT2D eigenvalue weighted by Gasteiger charge is 2.13. The van der Waals surface area contributed by atoms with Crippen LogP contribution in [-0.4, -0.2) is 25.2 Å². The summed E-state index contributed by atoms with van der Waals surface area (Å²) in [7, 11) is 0. The highest BCUT2D eigenvalue weighted by molar-refractivity contribution is 5.76. The molecule has 0 fully saturated rings. The summed E-state index contributed by atoms with van der Waals surface area (Å²) in [5.41, 5.74) is 1.17. The molecule has 1 N–H and O–H groups in total. The molecule has 2 heterocycles. The lowest BCUT2D eigenvalue weighted by Gasteiger charge is -2.12. The highest BCUT2D eigenvalue weighted by Crippen LogP contribution is 2.16. The standard InChI is InChI=1S/C16H16FN5O/c1-12(20-16(23)10-21-7-6-18-11-21)13-8-19-22(9-13)15-5-3-2-4-14(15)17/h2-9,11-12H,10H2,1H3,(H,20,23). The van der Waals surface area contributed by atoms with Crippen LogP contribution in [0.4, 0.5) is 4.39 Å². The number of imidazole rings is 1.